The Hall–Kier alpha value is -1.95. The summed E-state index contributed by atoms with van der Waals surface area (Å²) in [6.45, 7) is 3.49. The van der Waals surface area contributed by atoms with Gasteiger partial charge in [-0.2, -0.15) is 0 Å². The molecule has 0 fully saturated rings. The molecule has 1 rings (SSSR count). The first-order valence-corrected chi connectivity index (χ1v) is 5.20. The fraction of sp³-hybridized carbons (Fsp3) is 0.364. The Kier molecular flexibility index (Phi) is 4.17. The highest BCUT2D eigenvalue weighted by molar-refractivity contribution is 5.92. The Morgan fingerprint density at radius 2 is 2.24 bits per heavy atom. The van der Waals surface area contributed by atoms with Gasteiger partial charge in [0, 0.05) is 24.6 Å². The van der Waals surface area contributed by atoms with Gasteiger partial charge in [0.15, 0.2) is 0 Å². The SMILES string of the molecule is Cc1ccc([N+](=O)[O-])cc1NC(=O)CC(C)N. The number of hydrogen-bond acceptors (Lipinski definition) is 4. The van der Waals surface area contributed by atoms with Crippen molar-refractivity contribution < 1.29 is 9.72 Å². The lowest BCUT2D eigenvalue weighted by Gasteiger charge is -2.09. The summed E-state index contributed by atoms with van der Waals surface area (Å²) in [7, 11) is 0. The van der Waals surface area contributed by atoms with Crippen molar-refractivity contribution in [3.63, 3.8) is 0 Å². The second-order valence-corrected chi connectivity index (χ2v) is 3.99. The van der Waals surface area contributed by atoms with Crippen LogP contribution in [0.5, 0.6) is 0 Å². The van der Waals surface area contributed by atoms with Crippen LogP contribution in [-0.4, -0.2) is 16.9 Å². The molecule has 0 aliphatic heterocycles. The summed E-state index contributed by atoms with van der Waals surface area (Å²) in [5, 5.41) is 13.2. The van der Waals surface area contributed by atoms with E-state index in [4.69, 9.17) is 5.73 Å². The summed E-state index contributed by atoms with van der Waals surface area (Å²) >= 11 is 0. The zero-order chi connectivity index (χ0) is 13.0. The maximum absolute atomic E-state index is 11.5. The van der Waals surface area contributed by atoms with E-state index in [-0.39, 0.29) is 24.1 Å². The highest BCUT2D eigenvalue weighted by atomic mass is 16.6. The van der Waals surface area contributed by atoms with Crippen molar-refractivity contribution in [1.29, 1.82) is 0 Å². The second kappa shape index (κ2) is 5.40. The molecule has 0 bridgehead atoms. The fourth-order valence-corrected chi connectivity index (χ4v) is 1.35. The maximum Gasteiger partial charge on any atom is 0.271 e. The van der Waals surface area contributed by atoms with Gasteiger partial charge in [-0.3, -0.25) is 14.9 Å². The van der Waals surface area contributed by atoms with Crippen LogP contribution in [0.25, 0.3) is 0 Å². The van der Waals surface area contributed by atoms with Crippen LogP contribution in [0.15, 0.2) is 18.2 Å². The number of benzene rings is 1. The van der Waals surface area contributed by atoms with Gasteiger partial charge in [0.25, 0.3) is 5.69 Å². The van der Waals surface area contributed by atoms with Gasteiger partial charge in [-0.1, -0.05) is 6.07 Å². The number of hydrogen-bond donors (Lipinski definition) is 2. The summed E-state index contributed by atoms with van der Waals surface area (Å²) in [4.78, 5) is 21.6. The molecule has 1 aromatic carbocycles. The number of rotatable bonds is 4. The molecule has 0 saturated heterocycles. The number of nitro groups is 1. The minimum atomic E-state index is -0.499. The Labute approximate surface area is 99.0 Å². The van der Waals surface area contributed by atoms with Crippen LogP contribution in [-0.2, 0) is 4.79 Å². The number of nitrogens with two attached hydrogens (primary N) is 1. The molecule has 0 radical (unpaired) electrons. The van der Waals surface area contributed by atoms with Crippen LogP contribution in [0.3, 0.4) is 0 Å². The van der Waals surface area contributed by atoms with Crippen molar-refractivity contribution in [2.24, 2.45) is 5.73 Å². The normalized spacial score (nSPS) is 11.9. The molecule has 1 atom stereocenters. The van der Waals surface area contributed by atoms with Gasteiger partial charge in [-0.25, -0.2) is 0 Å². The van der Waals surface area contributed by atoms with Gasteiger partial charge in [-0.15, -0.1) is 0 Å². The van der Waals surface area contributed by atoms with E-state index in [9.17, 15) is 14.9 Å². The minimum Gasteiger partial charge on any atom is -0.327 e. The number of carbonyl (C=O) groups excluding carboxylic acids is 1. The van der Waals surface area contributed by atoms with Gasteiger partial charge in [0.05, 0.1) is 10.6 Å². The van der Waals surface area contributed by atoms with E-state index in [2.05, 4.69) is 5.32 Å². The van der Waals surface area contributed by atoms with Crippen LogP contribution in [0, 0.1) is 17.0 Å². The summed E-state index contributed by atoms with van der Waals surface area (Å²) in [6, 6.07) is 4.10. The smallest absolute Gasteiger partial charge is 0.271 e. The third-order valence-electron chi connectivity index (χ3n) is 2.21. The largest absolute Gasteiger partial charge is 0.327 e. The van der Waals surface area contributed by atoms with E-state index < -0.39 is 4.92 Å². The van der Waals surface area contributed by atoms with Gasteiger partial charge >= 0.3 is 0 Å². The summed E-state index contributed by atoms with van der Waals surface area (Å²) in [5.41, 5.74) is 6.67. The van der Waals surface area contributed by atoms with E-state index in [0.29, 0.717) is 5.69 Å². The summed E-state index contributed by atoms with van der Waals surface area (Å²) < 4.78 is 0. The number of non-ortho nitro benzene ring substituents is 1. The standard InChI is InChI=1S/C11H15N3O3/c1-7-3-4-9(14(16)17)6-10(7)13-11(15)5-8(2)12/h3-4,6,8H,5,12H2,1-2H3,(H,13,15). The lowest BCUT2D eigenvalue weighted by atomic mass is 10.1. The number of carbonyl (C=O) groups is 1. The van der Waals surface area contributed by atoms with Gasteiger partial charge in [0.2, 0.25) is 5.91 Å². The van der Waals surface area contributed by atoms with E-state index in [0.717, 1.165) is 5.56 Å². The monoisotopic (exact) mass is 237 g/mol. The highest BCUT2D eigenvalue weighted by Crippen LogP contribution is 2.21. The Morgan fingerprint density at radius 1 is 1.59 bits per heavy atom. The number of nitrogens with zero attached hydrogens (tertiary/aromatic N) is 1. The number of nitrogens with one attached hydrogen (secondary N) is 1. The lowest BCUT2D eigenvalue weighted by molar-refractivity contribution is -0.384. The molecule has 0 saturated carbocycles. The van der Waals surface area contributed by atoms with Crippen molar-refractivity contribution in [1.82, 2.24) is 0 Å². The molecule has 0 aromatic heterocycles. The quantitative estimate of drug-likeness (QED) is 0.613. The molecule has 3 N–H and O–H groups in total. The number of nitro benzene ring substituents is 1. The Balaban J connectivity index is 2.86. The van der Waals surface area contributed by atoms with Crippen molar-refractivity contribution in [3.8, 4) is 0 Å². The molecule has 1 amide bonds. The molecule has 6 nitrogen and oxygen atoms in total. The zero-order valence-corrected chi connectivity index (χ0v) is 9.77. The predicted molar refractivity (Wildman–Crippen MR) is 64.7 cm³/mol. The molecule has 92 valence electrons. The van der Waals surface area contributed by atoms with Crippen molar-refractivity contribution >= 4 is 17.3 Å². The van der Waals surface area contributed by atoms with Crippen LogP contribution in [0.4, 0.5) is 11.4 Å². The van der Waals surface area contributed by atoms with E-state index >= 15 is 0 Å². The van der Waals surface area contributed by atoms with Crippen LogP contribution in [0.2, 0.25) is 0 Å². The minimum absolute atomic E-state index is 0.0494. The molecule has 1 aromatic rings. The summed E-state index contributed by atoms with van der Waals surface area (Å²) in [6.07, 6.45) is 0.183. The van der Waals surface area contributed by atoms with Crippen LogP contribution < -0.4 is 11.1 Å². The maximum atomic E-state index is 11.5. The molecule has 6 heteroatoms. The third-order valence-corrected chi connectivity index (χ3v) is 2.21. The van der Waals surface area contributed by atoms with Gasteiger partial charge in [-0.05, 0) is 19.4 Å². The molecule has 1 unspecified atom stereocenters. The first kappa shape index (κ1) is 13.1. The number of aryl methyl sites for hydroxylation is 1. The first-order chi connectivity index (χ1) is 7.90. The molecule has 0 aliphatic carbocycles. The van der Waals surface area contributed by atoms with Gasteiger partial charge < -0.3 is 11.1 Å². The number of amides is 1. The van der Waals surface area contributed by atoms with E-state index in [1.165, 1.54) is 12.1 Å². The molecule has 0 aliphatic rings. The molecule has 0 heterocycles. The average Bonchev–Trinajstić information content (AvgIpc) is 2.19. The van der Waals surface area contributed by atoms with Crippen LogP contribution >= 0.6 is 0 Å². The van der Waals surface area contributed by atoms with E-state index in [1.54, 1.807) is 19.9 Å². The fourth-order valence-electron chi connectivity index (χ4n) is 1.35. The second-order valence-electron chi connectivity index (χ2n) is 3.99. The predicted octanol–water partition coefficient (Wildman–Crippen LogP) is 1.58. The lowest BCUT2D eigenvalue weighted by Crippen LogP contribution is -2.24. The first-order valence-electron chi connectivity index (χ1n) is 5.20. The van der Waals surface area contributed by atoms with Gasteiger partial charge in [0.1, 0.15) is 0 Å². The van der Waals surface area contributed by atoms with Crippen LogP contribution in [0.1, 0.15) is 18.9 Å². The molecule has 17 heavy (non-hydrogen) atoms. The highest BCUT2D eigenvalue weighted by Gasteiger charge is 2.11. The van der Waals surface area contributed by atoms with Crippen molar-refractivity contribution in [2.75, 3.05) is 5.32 Å². The molecular weight excluding hydrogens is 222 g/mol. The Morgan fingerprint density at radius 3 is 2.76 bits per heavy atom. The topological polar surface area (TPSA) is 98.3 Å². The zero-order valence-electron chi connectivity index (χ0n) is 9.77. The summed E-state index contributed by atoms with van der Waals surface area (Å²) in [5.74, 6) is -0.247. The molecular formula is C11H15N3O3. The Bertz CT molecular complexity index is 444. The van der Waals surface area contributed by atoms with Crippen molar-refractivity contribution in [2.45, 2.75) is 26.3 Å². The van der Waals surface area contributed by atoms with Crippen molar-refractivity contribution in [3.05, 3.63) is 33.9 Å². The molecule has 0 spiro atoms. The number of anilines is 1. The average molecular weight is 237 g/mol. The third kappa shape index (κ3) is 3.84. The van der Waals surface area contributed by atoms with E-state index in [1.807, 2.05) is 0 Å².